The first-order valence-corrected chi connectivity index (χ1v) is 9.11. The minimum Gasteiger partial charge on any atom is -0.379 e. The van der Waals surface area contributed by atoms with Gasteiger partial charge in [-0.3, -0.25) is 14.7 Å². The van der Waals surface area contributed by atoms with Crippen molar-refractivity contribution >= 4 is 5.91 Å². The fraction of sp³-hybridized carbons (Fsp3) is 0.526. The standard InChI is InChI=1S/C19H25N5O2/c1-22-8-6-21-17(22)12-23-7-4-19(13-23)14-24(9-10-26-15-19)18(25)16-3-2-5-20-11-16/h2-3,5-6,8,11H,4,7,9-10,12-15H2,1H3. The minimum atomic E-state index is -0.000463. The third-order valence-corrected chi connectivity index (χ3v) is 5.44. The van der Waals surface area contributed by atoms with Gasteiger partial charge in [0.2, 0.25) is 0 Å². The van der Waals surface area contributed by atoms with E-state index in [1.54, 1.807) is 12.4 Å². The number of amides is 1. The van der Waals surface area contributed by atoms with Crippen LogP contribution in [0.1, 0.15) is 22.6 Å². The van der Waals surface area contributed by atoms with Crippen LogP contribution >= 0.6 is 0 Å². The maximum Gasteiger partial charge on any atom is 0.255 e. The number of ether oxygens (including phenoxy) is 1. The second-order valence-electron chi connectivity index (χ2n) is 7.44. The Bertz CT molecular complexity index is 762. The molecule has 0 bridgehead atoms. The maximum absolute atomic E-state index is 12.9. The average Bonchev–Trinajstić information content (AvgIpc) is 3.17. The molecule has 138 valence electrons. The number of aryl methyl sites for hydroxylation is 1. The van der Waals surface area contributed by atoms with Crippen LogP contribution in [-0.2, 0) is 18.3 Å². The van der Waals surface area contributed by atoms with Gasteiger partial charge in [-0.1, -0.05) is 0 Å². The van der Waals surface area contributed by atoms with E-state index in [0.717, 1.165) is 38.4 Å². The van der Waals surface area contributed by atoms with Crippen molar-refractivity contribution in [1.82, 2.24) is 24.3 Å². The lowest BCUT2D eigenvalue weighted by molar-refractivity contribution is 0.0642. The molecular weight excluding hydrogens is 330 g/mol. The van der Waals surface area contributed by atoms with Crippen molar-refractivity contribution < 1.29 is 9.53 Å². The van der Waals surface area contributed by atoms with Crippen molar-refractivity contribution in [3.05, 3.63) is 48.3 Å². The average molecular weight is 355 g/mol. The van der Waals surface area contributed by atoms with E-state index in [4.69, 9.17) is 4.74 Å². The van der Waals surface area contributed by atoms with Crippen LogP contribution in [0.15, 0.2) is 36.9 Å². The minimum absolute atomic E-state index is 0.000463. The molecule has 4 heterocycles. The highest BCUT2D eigenvalue weighted by Gasteiger charge is 2.42. The van der Waals surface area contributed by atoms with Crippen molar-refractivity contribution in [2.45, 2.75) is 13.0 Å². The van der Waals surface area contributed by atoms with Gasteiger partial charge in [0, 0.05) is 56.9 Å². The van der Waals surface area contributed by atoms with Gasteiger partial charge in [-0.2, -0.15) is 0 Å². The highest BCUT2D eigenvalue weighted by molar-refractivity contribution is 5.93. The molecule has 0 aliphatic carbocycles. The molecule has 2 aromatic heterocycles. The lowest BCUT2D eigenvalue weighted by Crippen LogP contribution is -2.43. The molecule has 26 heavy (non-hydrogen) atoms. The molecule has 0 saturated carbocycles. The van der Waals surface area contributed by atoms with Crippen LogP contribution in [0.4, 0.5) is 0 Å². The lowest BCUT2D eigenvalue weighted by Gasteiger charge is -2.32. The highest BCUT2D eigenvalue weighted by Crippen LogP contribution is 2.34. The molecule has 4 rings (SSSR count). The summed E-state index contributed by atoms with van der Waals surface area (Å²) in [6, 6.07) is 3.64. The van der Waals surface area contributed by atoms with E-state index in [2.05, 4.69) is 19.4 Å². The molecule has 0 radical (unpaired) electrons. The Morgan fingerprint density at radius 1 is 1.31 bits per heavy atom. The maximum atomic E-state index is 12.9. The van der Waals surface area contributed by atoms with Gasteiger partial charge in [-0.25, -0.2) is 4.98 Å². The number of pyridine rings is 1. The number of imidazole rings is 1. The van der Waals surface area contributed by atoms with Crippen LogP contribution in [0.2, 0.25) is 0 Å². The summed E-state index contributed by atoms with van der Waals surface area (Å²) in [4.78, 5) is 25.7. The number of hydrogen-bond donors (Lipinski definition) is 0. The summed E-state index contributed by atoms with van der Waals surface area (Å²) in [5, 5.41) is 0. The van der Waals surface area contributed by atoms with Gasteiger partial charge in [0.25, 0.3) is 5.91 Å². The predicted octanol–water partition coefficient (Wildman–Crippen LogP) is 1.18. The molecule has 1 amide bonds. The first kappa shape index (κ1) is 17.2. The molecule has 2 aliphatic heterocycles. The van der Waals surface area contributed by atoms with Crippen molar-refractivity contribution in [1.29, 1.82) is 0 Å². The molecule has 1 atom stereocenters. The van der Waals surface area contributed by atoms with Crippen molar-refractivity contribution in [3.8, 4) is 0 Å². The Hall–Kier alpha value is -2.25. The lowest BCUT2D eigenvalue weighted by atomic mass is 9.87. The van der Waals surface area contributed by atoms with Crippen molar-refractivity contribution in [2.75, 3.05) is 39.4 Å². The van der Waals surface area contributed by atoms with E-state index < -0.39 is 0 Å². The molecule has 2 saturated heterocycles. The van der Waals surface area contributed by atoms with E-state index in [-0.39, 0.29) is 11.3 Å². The summed E-state index contributed by atoms with van der Waals surface area (Å²) >= 11 is 0. The normalized spacial score (nSPS) is 24.1. The van der Waals surface area contributed by atoms with E-state index in [0.29, 0.717) is 25.3 Å². The molecule has 2 aromatic rings. The number of rotatable bonds is 3. The molecule has 1 unspecified atom stereocenters. The highest BCUT2D eigenvalue weighted by atomic mass is 16.5. The van der Waals surface area contributed by atoms with Crippen LogP contribution in [0, 0.1) is 5.41 Å². The van der Waals surface area contributed by atoms with Gasteiger partial charge in [0.1, 0.15) is 5.82 Å². The Labute approximate surface area is 153 Å². The first-order chi connectivity index (χ1) is 12.7. The van der Waals surface area contributed by atoms with Crippen LogP contribution < -0.4 is 0 Å². The number of carbonyl (C=O) groups excluding carboxylic acids is 1. The summed E-state index contributed by atoms with van der Waals surface area (Å²) in [5.74, 6) is 1.12. The molecule has 7 heteroatoms. The smallest absolute Gasteiger partial charge is 0.255 e. The number of nitrogens with zero attached hydrogens (tertiary/aromatic N) is 5. The number of carbonyl (C=O) groups is 1. The van der Waals surface area contributed by atoms with Gasteiger partial charge in [0.05, 0.1) is 25.3 Å². The fourth-order valence-electron chi connectivity index (χ4n) is 4.00. The monoisotopic (exact) mass is 355 g/mol. The predicted molar refractivity (Wildman–Crippen MR) is 96.5 cm³/mol. The van der Waals surface area contributed by atoms with Gasteiger partial charge < -0.3 is 14.2 Å². The second kappa shape index (κ2) is 7.17. The molecule has 1 spiro atoms. The summed E-state index contributed by atoms with van der Waals surface area (Å²) in [5.41, 5.74) is 0.645. The summed E-state index contributed by atoms with van der Waals surface area (Å²) in [7, 11) is 2.03. The van der Waals surface area contributed by atoms with Gasteiger partial charge in [-0.05, 0) is 25.1 Å². The Morgan fingerprint density at radius 2 is 2.23 bits per heavy atom. The van der Waals surface area contributed by atoms with Crippen LogP contribution in [0.25, 0.3) is 0 Å². The summed E-state index contributed by atoms with van der Waals surface area (Å²) < 4.78 is 7.96. The molecule has 0 N–H and O–H groups in total. The molecule has 0 aromatic carbocycles. The van der Waals surface area contributed by atoms with Gasteiger partial charge in [0.15, 0.2) is 0 Å². The largest absolute Gasteiger partial charge is 0.379 e. The quantitative estimate of drug-likeness (QED) is 0.827. The Balaban J connectivity index is 1.46. The van der Waals surface area contributed by atoms with Crippen molar-refractivity contribution in [2.24, 2.45) is 12.5 Å². The van der Waals surface area contributed by atoms with Crippen molar-refractivity contribution in [3.63, 3.8) is 0 Å². The topological polar surface area (TPSA) is 63.5 Å². The summed E-state index contributed by atoms with van der Waals surface area (Å²) in [6.45, 7) is 5.43. The zero-order valence-electron chi connectivity index (χ0n) is 15.2. The second-order valence-corrected chi connectivity index (χ2v) is 7.44. The summed E-state index contributed by atoms with van der Waals surface area (Å²) in [6.07, 6.45) is 8.18. The van der Waals surface area contributed by atoms with E-state index in [1.807, 2.05) is 36.5 Å². The van der Waals surface area contributed by atoms with E-state index in [1.165, 1.54) is 0 Å². The Morgan fingerprint density at radius 3 is 3.00 bits per heavy atom. The zero-order chi connectivity index (χ0) is 18.0. The van der Waals surface area contributed by atoms with Crippen LogP contribution in [0.3, 0.4) is 0 Å². The van der Waals surface area contributed by atoms with Gasteiger partial charge in [-0.15, -0.1) is 0 Å². The SMILES string of the molecule is Cn1ccnc1CN1CCC2(COCCN(C(=O)c3cccnc3)C2)C1. The molecular formula is C19H25N5O2. The fourth-order valence-corrected chi connectivity index (χ4v) is 4.00. The zero-order valence-corrected chi connectivity index (χ0v) is 15.2. The van der Waals surface area contributed by atoms with E-state index in [9.17, 15) is 4.79 Å². The third kappa shape index (κ3) is 3.50. The van der Waals surface area contributed by atoms with E-state index >= 15 is 0 Å². The van der Waals surface area contributed by atoms with Gasteiger partial charge >= 0.3 is 0 Å². The Kier molecular flexibility index (Phi) is 4.74. The first-order valence-electron chi connectivity index (χ1n) is 9.11. The van der Waals surface area contributed by atoms with Crippen LogP contribution in [0.5, 0.6) is 0 Å². The molecule has 2 fully saturated rings. The third-order valence-electron chi connectivity index (χ3n) is 5.44. The molecule has 7 nitrogen and oxygen atoms in total. The number of aromatic nitrogens is 3. The molecule has 2 aliphatic rings. The number of likely N-dealkylation sites (tertiary alicyclic amines) is 1. The van der Waals surface area contributed by atoms with Crippen LogP contribution in [-0.4, -0.2) is 69.6 Å². The number of hydrogen-bond acceptors (Lipinski definition) is 5.